The van der Waals surface area contributed by atoms with Gasteiger partial charge in [-0.05, 0) is 61.7 Å². The summed E-state index contributed by atoms with van der Waals surface area (Å²) in [6.45, 7) is 6.69. The highest BCUT2D eigenvalue weighted by Gasteiger charge is 2.08. The Kier molecular flexibility index (Phi) is 5.32. The first kappa shape index (κ1) is 17.7. The van der Waals surface area contributed by atoms with Crippen molar-refractivity contribution < 1.29 is 4.79 Å². The Labute approximate surface area is 154 Å². The number of benzene rings is 2. The second-order valence-corrected chi connectivity index (χ2v) is 6.52. The predicted octanol–water partition coefficient (Wildman–Crippen LogP) is 4.68. The van der Waals surface area contributed by atoms with Crippen LogP contribution in [-0.2, 0) is 6.54 Å². The van der Waals surface area contributed by atoms with Crippen LogP contribution in [0.4, 0.5) is 11.4 Å². The topological polar surface area (TPSA) is 54.0 Å². The summed E-state index contributed by atoms with van der Waals surface area (Å²) < 4.78 is 0. The maximum Gasteiger partial charge on any atom is 0.270 e. The number of rotatable bonds is 5. The maximum atomic E-state index is 12.4. The summed E-state index contributed by atoms with van der Waals surface area (Å²) >= 11 is 0. The van der Waals surface area contributed by atoms with E-state index in [9.17, 15) is 4.79 Å². The summed E-state index contributed by atoms with van der Waals surface area (Å²) in [6, 6.07) is 17.9. The number of nitrogens with zero attached hydrogens (tertiary/aromatic N) is 1. The molecule has 3 rings (SSSR count). The minimum Gasteiger partial charge on any atom is -0.355 e. The third-order valence-electron chi connectivity index (χ3n) is 4.36. The van der Waals surface area contributed by atoms with E-state index in [0.717, 1.165) is 16.9 Å². The van der Waals surface area contributed by atoms with Gasteiger partial charge in [-0.25, -0.2) is 0 Å². The van der Waals surface area contributed by atoms with Gasteiger partial charge in [0, 0.05) is 24.1 Å². The van der Waals surface area contributed by atoms with Crippen LogP contribution in [0.3, 0.4) is 0 Å². The van der Waals surface area contributed by atoms with Crippen LogP contribution in [0, 0.1) is 20.8 Å². The minimum atomic E-state index is -0.186. The Balaban J connectivity index is 1.66. The molecule has 4 nitrogen and oxygen atoms in total. The fourth-order valence-electron chi connectivity index (χ4n) is 2.60. The normalized spacial score (nSPS) is 10.4. The average Bonchev–Trinajstić information content (AvgIpc) is 2.64. The molecule has 0 aliphatic rings. The molecular formula is C22H23N3O. The summed E-state index contributed by atoms with van der Waals surface area (Å²) in [4.78, 5) is 16.6. The molecule has 1 heterocycles. The van der Waals surface area contributed by atoms with Crippen molar-refractivity contribution in [2.24, 2.45) is 0 Å². The lowest BCUT2D eigenvalue weighted by Crippen LogP contribution is -2.23. The van der Waals surface area contributed by atoms with Gasteiger partial charge in [-0.2, -0.15) is 0 Å². The molecule has 0 atom stereocenters. The SMILES string of the molecule is Cc1ccc(CNC(=O)c2cc(Nc3ccc(C)c(C)c3)ccn2)cc1. The number of carbonyl (C=O) groups excluding carboxylic acids is 1. The number of pyridine rings is 1. The second-order valence-electron chi connectivity index (χ2n) is 6.52. The van der Waals surface area contributed by atoms with E-state index in [1.165, 1.54) is 16.7 Å². The molecule has 0 fully saturated rings. The Morgan fingerprint density at radius 2 is 1.62 bits per heavy atom. The van der Waals surface area contributed by atoms with Crippen LogP contribution in [0.15, 0.2) is 60.8 Å². The Morgan fingerprint density at radius 1 is 0.885 bits per heavy atom. The molecule has 1 aromatic heterocycles. The molecule has 0 bridgehead atoms. The van der Waals surface area contributed by atoms with E-state index in [1.807, 2.05) is 43.3 Å². The van der Waals surface area contributed by atoms with E-state index >= 15 is 0 Å². The van der Waals surface area contributed by atoms with Crippen LogP contribution in [0.1, 0.15) is 32.7 Å². The van der Waals surface area contributed by atoms with Crippen LogP contribution < -0.4 is 10.6 Å². The van der Waals surface area contributed by atoms with Crippen molar-refractivity contribution in [3.63, 3.8) is 0 Å². The lowest BCUT2D eigenvalue weighted by molar-refractivity contribution is 0.0946. The number of aryl methyl sites for hydroxylation is 3. The largest absolute Gasteiger partial charge is 0.355 e. The molecule has 0 aliphatic carbocycles. The molecule has 0 radical (unpaired) electrons. The number of amides is 1. The van der Waals surface area contributed by atoms with Gasteiger partial charge in [-0.3, -0.25) is 9.78 Å². The van der Waals surface area contributed by atoms with E-state index in [0.29, 0.717) is 12.2 Å². The van der Waals surface area contributed by atoms with Gasteiger partial charge in [0.25, 0.3) is 5.91 Å². The third kappa shape index (κ3) is 4.48. The molecule has 1 amide bonds. The standard InChI is InChI=1S/C22H23N3O/c1-15-4-7-18(8-5-15)14-24-22(26)21-13-20(10-11-23-21)25-19-9-6-16(2)17(3)12-19/h4-13H,14H2,1-3H3,(H,23,25)(H,24,26). The molecule has 26 heavy (non-hydrogen) atoms. The van der Waals surface area contributed by atoms with Gasteiger partial charge < -0.3 is 10.6 Å². The lowest BCUT2D eigenvalue weighted by atomic mass is 10.1. The van der Waals surface area contributed by atoms with Crippen molar-refractivity contribution in [3.05, 3.63) is 88.7 Å². The second kappa shape index (κ2) is 7.83. The lowest BCUT2D eigenvalue weighted by Gasteiger charge is -2.10. The third-order valence-corrected chi connectivity index (χ3v) is 4.36. The van der Waals surface area contributed by atoms with Crippen molar-refractivity contribution >= 4 is 17.3 Å². The van der Waals surface area contributed by atoms with E-state index in [-0.39, 0.29) is 5.91 Å². The maximum absolute atomic E-state index is 12.4. The van der Waals surface area contributed by atoms with Crippen molar-refractivity contribution in [3.8, 4) is 0 Å². The highest BCUT2D eigenvalue weighted by Crippen LogP contribution is 2.19. The molecular weight excluding hydrogens is 322 g/mol. The fraction of sp³-hybridized carbons (Fsp3) is 0.182. The van der Waals surface area contributed by atoms with Gasteiger partial charge in [0.15, 0.2) is 0 Å². The van der Waals surface area contributed by atoms with Crippen LogP contribution in [-0.4, -0.2) is 10.9 Å². The summed E-state index contributed by atoms with van der Waals surface area (Å²) in [6.07, 6.45) is 1.64. The first-order valence-electron chi connectivity index (χ1n) is 8.65. The number of hydrogen-bond acceptors (Lipinski definition) is 3. The molecule has 0 saturated carbocycles. The zero-order valence-corrected chi connectivity index (χ0v) is 15.3. The van der Waals surface area contributed by atoms with Crippen molar-refractivity contribution in [2.45, 2.75) is 27.3 Å². The first-order chi connectivity index (χ1) is 12.5. The van der Waals surface area contributed by atoms with Gasteiger partial charge >= 0.3 is 0 Å². The molecule has 132 valence electrons. The van der Waals surface area contributed by atoms with E-state index in [4.69, 9.17) is 0 Å². The fourth-order valence-corrected chi connectivity index (χ4v) is 2.60. The molecule has 0 aliphatic heterocycles. The Hall–Kier alpha value is -3.14. The molecule has 0 spiro atoms. The highest BCUT2D eigenvalue weighted by atomic mass is 16.1. The Morgan fingerprint density at radius 3 is 2.35 bits per heavy atom. The number of nitrogens with one attached hydrogen (secondary N) is 2. The van der Waals surface area contributed by atoms with Crippen molar-refractivity contribution in [2.75, 3.05) is 5.32 Å². The van der Waals surface area contributed by atoms with Gasteiger partial charge in [-0.15, -0.1) is 0 Å². The van der Waals surface area contributed by atoms with Crippen LogP contribution in [0.25, 0.3) is 0 Å². The summed E-state index contributed by atoms with van der Waals surface area (Å²) in [5.74, 6) is -0.186. The van der Waals surface area contributed by atoms with Crippen LogP contribution in [0.2, 0.25) is 0 Å². The number of hydrogen-bond donors (Lipinski definition) is 2. The van der Waals surface area contributed by atoms with Crippen LogP contribution in [0.5, 0.6) is 0 Å². The van der Waals surface area contributed by atoms with Crippen LogP contribution >= 0.6 is 0 Å². The quantitative estimate of drug-likeness (QED) is 0.706. The van der Waals surface area contributed by atoms with Gasteiger partial charge in [0.2, 0.25) is 0 Å². The number of aromatic nitrogens is 1. The zero-order valence-electron chi connectivity index (χ0n) is 15.3. The van der Waals surface area contributed by atoms with Crippen molar-refractivity contribution in [1.29, 1.82) is 0 Å². The highest BCUT2D eigenvalue weighted by molar-refractivity contribution is 5.93. The average molecular weight is 345 g/mol. The molecule has 0 saturated heterocycles. The van der Waals surface area contributed by atoms with E-state index in [1.54, 1.807) is 12.3 Å². The van der Waals surface area contributed by atoms with E-state index in [2.05, 4.69) is 41.6 Å². The van der Waals surface area contributed by atoms with Crippen molar-refractivity contribution in [1.82, 2.24) is 10.3 Å². The smallest absolute Gasteiger partial charge is 0.270 e. The number of anilines is 2. The number of carbonyl (C=O) groups is 1. The summed E-state index contributed by atoms with van der Waals surface area (Å²) in [7, 11) is 0. The predicted molar refractivity (Wildman–Crippen MR) is 106 cm³/mol. The molecule has 0 unspecified atom stereocenters. The monoisotopic (exact) mass is 345 g/mol. The summed E-state index contributed by atoms with van der Waals surface area (Å²) in [5, 5.41) is 6.24. The van der Waals surface area contributed by atoms with Gasteiger partial charge in [-0.1, -0.05) is 35.9 Å². The van der Waals surface area contributed by atoms with Gasteiger partial charge in [0.05, 0.1) is 0 Å². The minimum absolute atomic E-state index is 0.186. The van der Waals surface area contributed by atoms with E-state index < -0.39 is 0 Å². The Bertz CT molecular complexity index is 917. The zero-order chi connectivity index (χ0) is 18.5. The first-order valence-corrected chi connectivity index (χ1v) is 8.65. The molecule has 2 aromatic carbocycles. The molecule has 3 aromatic rings. The summed E-state index contributed by atoms with van der Waals surface area (Å²) in [5.41, 5.74) is 6.96. The molecule has 2 N–H and O–H groups in total. The van der Waals surface area contributed by atoms with Gasteiger partial charge in [0.1, 0.15) is 5.69 Å². The molecule has 4 heteroatoms.